The Morgan fingerprint density at radius 2 is 1.95 bits per heavy atom. The molecule has 1 aliphatic rings. The number of ether oxygens (including phenoxy) is 1. The summed E-state index contributed by atoms with van der Waals surface area (Å²) in [5.74, 6) is -0.224. The molecule has 1 aromatic carbocycles. The number of nitrogens with two attached hydrogens (primary N) is 1. The summed E-state index contributed by atoms with van der Waals surface area (Å²) in [7, 11) is -1.26. The van der Waals surface area contributed by atoms with Crippen LogP contribution < -0.4 is 16.0 Å². The Labute approximate surface area is 238 Å². The smallest absolute Gasteiger partial charge is 0.291 e. The van der Waals surface area contributed by atoms with Gasteiger partial charge < -0.3 is 25.3 Å². The number of pyridine rings is 1. The van der Waals surface area contributed by atoms with E-state index in [0.717, 1.165) is 30.1 Å². The van der Waals surface area contributed by atoms with Crippen LogP contribution in [0.2, 0.25) is 25.7 Å². The molecule has 0 unspecified atom stereocenters. The zero-order valence-corrected chi connectivity index (χ0v) is 25.6. The summed E-state index contributed by atoms with van der Waals surface area (Å²) in [6, 6.07) is 9.59. The van der Waals surface area contributed by atoms with Crippen molar-refractivity contribution in [3.8, 4) is 11.3 Å². The average Bonchev–Trinajstić information content (AvgIpc) is 3.30. The summed E-state index contributed by atoms with van der Waals surface area (Å²) >= 11 is 0. The molecule has 3 N–H and O–H groups in total. The normalized spacial score (nSPS) is 14.9. The van der Waals surface area contributed by atoms with Crippen molar-refractivity contribution in [2.24, 2.45) is 11.7 Å². The minimum Gasteiger partial charge on any atom is -0.367 e. The molecule has 2 aromatic heterocycles. The lowest BCUT2D eigenvalue weighted by Crippen LogP contribution is -2.47. The number of hydrogen-bond acceptors (Lipinski definition) is 6. The predicted molar refractivity (Wildman–Crippen MR) is 162 cm³/mol. The fraction of sp³-hybridized carbons (Fsp3) is 0.500. The summed E-state index contributed by atoms with van der Waals surface area (Å²) < 4.78 is 22.9. The first-order valence-electron chi connectivity index (χ1n) is 14.0. The summed E-state index contributed by atoms with van der Waals surface area (Å²) in [5.41, 5.74) is 9.25. The molecule has 216 valence electrons. The molecule has 3 aromatic rings. The highest BCUT2D eigenvalue weighted by atomic mass is 28.3. The lowest BCUT2D eigenvalue weighted by atomic mass is 9.81. The molecule has 1 saturated heterocycles. The monoisotopic (exact) mass is 566 g/mol. The Bertz CT molecular complexity index is 1320. The second-order valence-electron chi connectivity index (χ2n) is 12.6. The van der Waals surface area contributed by atoms with Crippen LogP contribution in [-0.2, 0) is 11.5 Å². The lowest BCUT2D eigenvalue weighted by Gasteiger charge is -2.40. The van der Waals surface area contributed by atoms with Gasteiger partial charge in [-0.05, 0) is 69.8 Å². The molecule has 3 heterocycles. The Balaban J connectivity index is 1.58. The number of amides is 1. The van der Waals surface area contributed by atoms with E-state index in [2.05, 4.69) is 34.9 Å². The van der Waals surface area contributed by atoms with Crippen LogP contribution in [0.1, 0.15) is 43.0 Å². The molecule has 4 rings (SSSR count). The number of benzene rings is 1. The maximum atomic E-state index is 15.2. The van der Waals surface area contributed by atoms with Crippen molar-refractivity contribution in [3.05, 3.63) is 60.1 Å². The number of nitrogens with one attached hydrogen (secondary N) is 1. The fourth-order valence-corrected chi connectivity index (χ4v) is 5.80. The molecule has 0 bridgehead atoms. The SMILES string of the molecule is Cc1cc(-c2cn(COCC[Si](C)(C)C)c(C(=O)Nc3cccc(F)c3N3CCC(C(C)(C)N)CC3)n2)ccn1. The summed E-state index contributed by atoms with van der Waals surface area (Å²) in [4.78, 5) is 24.6. The second-order valence-corrected chi connectivity index (χ2v) is 18.2. The zero-order chi connectivity index (χ0) is 29.1. The number of hydrogen-bond donors (Lipinski definition) is 2. The van der Waals surface area contributed by atoms with Gasteiger partial charge in [-0.1, -0.05) is 25.7 Å². The summed E-state index contributed by atoms with van der Waals surface area (Å²) in [6.45, 7) is 15.0. The molecule has 1 amide bonds. The third kappa shape index (κ3) is 7.55. The molecular weight excluding hydrogens is 523 g/mol. The van der Waals surface area contributed by atoms with Crippen molar-refractivity contribution < 1.29 is 13.9 Å². The average molecular weight is 567 g/mol. The van der Waals surface area contributed by atoms with E-state index in [9.17, 15) is 4.79 Å². The van der Waals surface area contributed by atoms with Gasteiger partial charge in [0, 0.05) is 57.0 Å². The van der Waals surface area contributed by atoms with E-state index in [0.29, 0.717) is 42.7 Å². The van der Waals surface area contributed by atoms with E-state index in [-0.39, 0.29) is 23.9 Å². The first-order valence-corrected chi connectivity index (χ1v) is 17.7. The quantitative estimate of drug-likeness (QED) is 0.234. The molecule has 0 radical (unpaired) electrons. The number of nitrogens with zero attached hydrogens (tertiary/aromatic N) is 4. The molecule has 10 heteroatoms. The van der Waals surface area contributed by atoms with Gasteiger partial charge >= 0.3 is 0 Å². The van der Waals surface area contributed by atoms with Gasteiger partial charge in [-0.15, -0.1) is 0 Å². The van der Waals surface area contributed by atoms with E-state index >= 15 is 4.39 Å². The van der Waals surface area contributed by atoms with Crippen LogP contribution >= 0.6 is 0 Å². The highest BCUT2D eigenvalue weighted by Crippen LogP contribution is 2.35. The van der Waals surface area contributed by atoms with E-state index in [1.165, 1.54) is 6.07 Å². The minimum absolute atomic E-state index is 0.197. The standard InChI is InChI=1S/C30H43FN6O2Si/c1-21-18-22(10-13-33-21)26-19-37(20-39-16-17-40(4,5)6)28(34-26)29(38)35-25-9-7-8-24(31)27(25)36-14-11-23(12-15-36)30(2,3)32/h7-10,13,18-19,23H,11-12,14-17,20,32H2,1-6H3,(H,35,38). The van der Waals surface area contributed by atoms with Crippen molar-refractivity contribution in [3.63, 3.8) is 0 Å². The number of imidazole rings is 1. The van der Waals surface area contributed by atoms with Crippen molar-refractivity contribution >= 4 is 25.4 Å². The molecule has 0 saturated carbocycles. The molecule has 0 atom stereocenters. The molecule has 8 nitrogen and oxygen atoms in total. The van der Waals surface area contributed by atoms with Crippen LogP contribution in [0.3, 0.4) is 0 Å². The van der Waals surface area contributed by atoms with Gasteiger partial charge in [-0.2, -0.15) is 0 Å². The first kappa shape index (κ1) is 29.9. The van der Waals surface area contributed by atoms with Gasteiger partial charge in [0.25, 0.3) is 5.91 Å². The van der Waals surface area contributed by atoms with Gasteiger partial charge in [-0.25, -0.2) is 9.37 Å². The zero-order valence-electron chi connectivity index (χ0n) is 24.6. The molecular formula is C30H43FN6O2Si. The number of carbonyl (C=O) groups is 1. The number of aryl methyl sites for hydroxylation is 1. The van der Waals surface area contributed by atoms with Gasteiger partial charge in [0.1, 0.15) is 12.5 Å². The third-order valence-corrected chi connectivity index (χ3v) is 9.20. The summed E-state index contributed by atoms with van der Waals surface area (Å²) in [5, 5.41) is 2.95. The Hall–Kier alpha value is -3.08. The van der Waals surface area contributed by atoms with Crippen LogP contribution in [-0.4, -0.2) is 53.8 Å². The Morgan fingerprint density at radius 1 is 1.23 bits per heavy atom. The topological polar surface area (TPSA) is 98.3 Å². The highest BCUT2D eigenvalue weighted by Gasteiger charge is 2.31. The van der Waals surface area contributed by atoms with E-state index < -0.39 is 14.0 Å². The number of halogens is 1. The summed E-state index contributed by atoms with van der Waals surface area (Å²) in [6.07, 6.45) is 5.27. The number of para-hydroxylation sites is 1. The molecule has 1 fully saturated rings. The number of rotatable bonds is 10. The number of carbonyl (C=O) groups excluding carboxylic acids is 1. The molecule has 1 aliphatic heterocycles. The van der Waals surface area contributed by atoms with Crippen LogP contribution in [0.15, 0.2) is 42.7 Å². The van der Waals surface area contributed by atoms with E-state index in [1.807, 2.05) is 44.0 Å². The minimum atomic E-state index is -1.26. The fourth-order valence-electron chi connectivity index (χ4n) is 5.04. The van der Waals surface area contributed by atoms with Crippen LogP contribution in [0.25, 0.3) is 11.3 Å². The van der Waals surface area contributed by atoms with E-state index in [1.54, 1.807) is 22.9 Å². The van der Waals surface area contributed by atoms with Gasteiger partial charge in [0.2, 0.25) is 5.82 Å². The van der Waals surface area contributed by atoms with Gasteiger partial charge in [0.05, 0.1) is 17.1 Å². The van der Waals surface area contributed by atoms with E-state index in [4.69, 9.17) is 10.5 Å². The molecule has 0 spiro atoms. The Kier molecular flexibility index (Phi) is 9.11. The van der Waals surface area contributed by atoms with Crippen LogP contribution in [0.5, 0.6) is 0 Å². The number of anilines is 2. The maximum Gasteiger partial charge on any atom is 0.291 e. The number of piperidine rings is 1. The van der Waals surface area contributed by atoms with Crippen molar-refractivity contribution in [2.75, 3.05) is 29.9 Å². The van der Waals surface area contributed by atoms with Crippen molar-refractivity contribution in [2.45, 2.75) is 71.6 Å². The third-order valence-electron chi connectivity index (χ3n) is 7.50. The predicted octanol–water partition coefficient (Wildman–Crippen LogP) is 5.91. The molecule has 0 aliphatic carbocycles. The Morgan fingerprint density at radius 3 is 2.60 bits per heavy atom. The van der Waals surface area contributed by atoms with Crippen LogP contribution in [0.4, 0.5) is 15.8 Å². The van der Waals surface area contributed by atoms with Crippen LogP contribution in [0, 0.1) is 18.7 Å². The van der Waals surface area contributed by atoms with Crippen molar-refractivity contribution in [1.29, 1.82) is 0 Å². The highest BCUT2D eigenvalue weighted by molar-refractivity contribution is 6.76. The first-order chi connectivity index (χ1) is 18.8. The number of aromatic nitrogens is 3. The van der Waals surface area contributed by atoms with Gasteiger partial charge in [-0.3, -0.25) is 9.78 Å². The molecule has 40 heavy (non-hydrogen) atoms. The second kappa shape index (κ2) is 12.2. The van der Waals surface area contributed by atoms with Gasteiger partial charge in [0.15, 0.2) is 0 Å². The maximum absolute atomic E-state index is 15.2. The lowest BCUT2D eigenvalue weighted by molar-refractivity contribution is 0.0809. The largest absolute Gasteiger partial charge is 0.367 e. The van der Waals surface area contributed by atoms with Crippen molar-refractivity contribution in [1.82, 2.24) is 14.5 Å².